The minimum absolute atomic E-state index is 0.118. The predicted molar refractivity (Wildman–Crippen MR) is 73.9 cm³/mol. The number of anilines is 1. The lowest BCUT2D eigenvalue weighted by atomic mass is 9.97. The van der Waals surface area contributed by atoms with E-state index in [-0.39, 0.29) is 5.69 Å². The number of alkyl halides is 3. The van der Waals surface area contributed by atoms with E-state index in [0.29, 0.717) is 19.3 Å². The quantitative estimate of drug-likeness (QED) is 0.884. The number of sulfonamides is 1. The maximum Gasteiger partial charge on any atom is 0.573 e. The molecule has 1 aromatic rings. The zero-order valence-corrected chi connectivity index (χ0v) is 12.3. The molecule has 1 aliphatic carbocycles. The van der Waals surface area contributed by atoms with E-state index in [2.05, 4.69) is 9.46 Å². The third-order valence-electron chi connectivity index (χ3n) is 3.41. The summed E-state index contributed by atoms with van der Waals surface area (Å²) in [6, 6.07) is 4.38. The Kier molecular flexibility index (Phi) is 4.86. The minimum atomic E-state index is -4.80. The molecule has 0 aromatic heterocycles. The highest BCUT2D eigenvalue weighted by Gasteiger charge is 2.34. The fourth-order valence-corrected chi connectivity index (χ4v) is 4.05. The Hall–Kier alpha value is -1.48. The molecule has 5 nitrogen and oxygen atoms in total. The van der Waals surface area contributed by atoms with Gasteiger partial charge < -0.3 is 9.84 Å². The molecule has 124 valence electrons. The minimum Gasteiger partial charge on any atom is -0.406 e. The Morgan fingerprint density at radius 2 is 1.73 bits per heavy atom. The van der Waals surface area contributed by atoms with Gasteiger partial charge in [-0.2, -0.15) is 0 Å². The molecule has 0 spiro atoms. The molecule has 0 aliphatic heterocycles. The van der Waals surface area contributed by atoms with Crippen molar-refractivity contribution in [2.45, 2.75) is 43.4 Å². The highest BCUT2D eigenvalue weighted by atomic mass is 32.2. The molecule has 9 heteroatoms. The molecule has 0 radical (unpaired) electrons. The highest BCUT2D eigenvalue weighted by molar-refractivity contribution is 7.93. The van der Waals surface area contributed by atoms with Gasteiger partial charge in [-0.1, -0.05) is 12.8 Å². The number of rotatable bonds is 4. The number of aliphatic hydroxyl groups excluding tert-OH is 1. The molecule has 2 atom stereocenters. The third kappa shape index (κ3) is 4.51. The van der Waals surface area contributed by atoms with Crippen LogP contribution in [0.3, 0.4) is 0 Å². The largest absolute Gasteiger partial charge is 0.573 e. The number of halogens is 3. The van der Waals surface area contributed by atoms with Gasteiger partial charge in [-0.15, -0.1) is 13.2 Å². The lowest BCUT2D eigenvalue weighted by Gasteiger charge is -2.27. The number of benzene rings is 1. The normalized spacial score (nSPS) is 23.1. The molecule has 0 amide bonds. The van der Waals surface area contributed by atoms with E-state index in [9.17, 15) is 26.7 Å². The second kappa shape index (κ2) is 6.33. The number of nitrogens with one attached hydrogen (secondary N) is 1. The first-order valence-corrected chi connectivity index (χ1v) is 8.27. The maximum atomic E-state index is 12.2. The molecular formula is C13H16F3NO4S. The molecule has 1 aromatic carbocycles. The lowest BCUT2D eigenvalue weighted by Crippen LogP contribution is -2.40. The Balaban J connectivity index is 2.06. The van der Waals surface area contributed by atoms with E-state index in [1.807, 2.05) is 0 Å². The molecule has 2 N–H and O–H groups in total. The van der Waals surface area contributed by atoms with Gasteiger partial charge >= 0.3 is 6.36 Å². The molecule has 0 saturated heterocycles. The second-order valence-electron chi connectivity index (χ2n) is 5.11. The fraction of sp³-hybridized carbons (Fsp3) is 0.538. The maximum absolute atomic E-state index is 12.2. The average molecular weight is 339 g/mol. The topological polar surface area (TPSA) is 75.6 Å². The molecular weight excluding hydrogens is 323 g/mol. The van der Waals surface area contributed by atoms with Gasteiger partial charge in [-0.25, -0.2) is 8.42 Å². The van der Waals surface area contributed by atoms with Gasteiger partial charge in [0.15, 0.2) is 0 Å². The summed E-state index contributed by atoms with van der Waals surface area (Å²) < 4.78 is 66.5. The first kappa shape index (κ1) is 16.9. The summed E-state index contributed by atoms with van der Waals surface area (Å²) in [6.07, 6.45) is -3.47. The highest BCUT2D eigenvalue weighted by Crippen LogP contribution is 2.27. The number of ether oxygens (including phenoxy) is 1. The van der Waals surface area contributed by atoms with Crippen molar-refractivity contribution >= 4 is 15.7 Å². The van der Waals surface area contributed by atoms with Crippen LogP contribution in [0.4, 0.5) is 18.9 Å². The molecule has 2 rings (SSSR count). The Morgan fingerprint density at radius 3 is 2.27 bits per heavy atom. The first-order valence-electron chi connectivity index (χ1n) is 6.73. The van der Waals surface area contributed by atoms with E-state index >= 15 is 0 Å². The summed E-state index contributed by atoms with van der Waals surface area (Å²) in [5.74, 6) is -0.437. The van der Waals surface area contributed by atoms with Crippen molar-refractivity contribution in [2.75, 3.05) is 4.72 Å². The van der Waals surface area contributed by atoms with Crippen LogP contribution in [-0.2, 0) is 10.0 Å². The van der Waals surface area contributed by atoms with Crippen LogP contribution in [0.5, 0.6) is 5.75 Å². The van der Waals surface area contributed by atoms with Crippen molar-refractivity contribution in [1.82, 2.24) is 0 Å². The Labute approximate surface area is 126 Å². The van der Waals surface area contributed by atoms with Crippen LogP contribution < -0.4 is 9.46 Å². The number of hydrogen-bond acceptors (Lipinski definition) is 4. The molecule has 2 unspecified atom stereocenters. The van der Waals surface area contributed by atoms with Crippen LogP contribution in [0.2, 0.25) is 0 Å². The summed E-state index contributed by atoms with van der Waals surface area (Å²) in [6.45, 7) is 0. The molecule has 0 heterocycles. The summed E-state index contributed by atoms with van der Waals surface area (Å²) in [5.41, 5.74) is 0.118. The molecule has 0 bridgehead atoms. The first-order chi connectivity index (χ1) is 10.2. The fourth-order valence-electron chi connectivity index (χ4n) is 2.40. The number of hydrogen-bond donors (Lipinski definition) is 2. The lowest BCUT2D eigenvalue weighted by molar-refractivity contribution is -0.274. The van der Waals surface area contributed by atoms with Crippen LogP contribution in [0.1, 0.15) is 25.7 Å². The summed E-state index contributed by atoms with van der Waals surface area (Å²) >= 11 is 0. The SMILES string of the molecule is O=S(=O)(Nc1ccc(OC(F)(F)F)cc1)C1CCCCC1O. The van der Waals surface area contributed by atoms with E-state index in [1.54, 1.807) is 0 Å². The van der Waals surface area contributed by atoms with Gasteiger partial charge in [0.2, 0.25) is 10.0 Å². The van der Waals surface area contributed by atoms with Gasteiger partial charge in [-0.3, -0.25) is 4.72 Å². The summed E-state index contributed by atoms with van der Waals surface area (Å²) in [5, 5.41) is 8.88. The Morgan fingerprint density at radius 1 is 1.14 bits per heavy atom. The van der Waals surface area contributed by atoms with Crippen molar-refractivity contribution in [3.63, 3.8) is 0 Å². The van der Waals surface area contributed by atoms with Gasteiger partial charge in [0, 0.05) is 5.69 Å². The van der Waals surface area contributed by atoms with Crippen molar-refractivity contribution in [1.29, 1.82) is 0 Å². The van der Waals surface area contributed by atoms with E-state index < -0.39 is 33.5 Å². The summed E-state index contributed by atoms with van der Waals surface area (Å²) in [4.78, 5) is 0. The zero-order chi connectivity index (χ0) is 16.4. The molecule has 1 aliphatic rings. The van der Waals surface area contributed by atoms with Crippen molar-refractivity contribution in [2.24, 2.45) is 0 Å². The van der Waals surface area contributed by atoms with Gasteiger partial charge in [0.25, 0.3) is 0 Å². The monoisotopic (exact) mass is 339 g/mol. The third-order valence-corrected chi connectivity index (χ3v) is 5.28. The van der Waals surface area contributed by atoms with Crippen molar-refractivity contribution < 1.29 is 31.4 Å². The van der Waals surface area contributed by atoms with Crippen LogP contribution in [0.15, 0.2) is 24.3 Å². The number of aliphatic hydroxyl groups is 1. The molecule has 1 fully saturated rings. The molecule has 1 saturated carbocycles. The summed E-state index contributed by atoms with van der Waals surface area (Å²) in [7, 11) is -3.80. The predicted octanol–water partition coefficient (Wildman–Crippen LogP) is 2.63. The van der Waals surface area contributed by atoms with Crippen LogP contribution in [-0.4, -0.2) is 31.2 Å². The van der Waals surface area contributed by atoms with E-state index in [1.165, 1.54) is 12.1 Å². The second-order valence-corrected chi connectivity index (χ2v) is 7.01. The van der Waals surface area contributed by atoms with Crippen LogP contribution in [0, 0.1) is 0 Å². The van der Waals surface area contributed by atoms with Gasteiger partial charge in [0.1, 0.15) is 11.0 Å². The van der Waals surface area contributed by atoms with Gasteiger partial charge in [-0.05, 0) is 37.1 Å². The van der Waals surface area contributed by atoms with Crippen LogP contribution >= 0.6 is 0 Å². The van der Waals surface area contributed by atoms with Crippen LogP contribution in [0.25, 0.3) is 0 Å². The standard InChI is InChI=1S/C13H16F3NO4S/c14-13(15,16)21-10-7-5-9(6-8-10)17-22(19,20)12-4-2-1-3-11(12)18/h5-8,11-12,17-18H,1-4H2. The average Bonchev–Trinajstić information content (AvgIpc) is 2.39. The van der Waals surface area contributed by atoms with E-state index in [4.69, 9.17) is 0 Å². The van der Waals surface area contributed by atoms with E-state index in [0.717, 1.165) is 18.6 Å². The van der Waals surface area contributed by atoms with Crippen molar-refractivity contribution in [3.8, 4) is 5.75 Å². The smallest absolute Gasteiger partial charge is 0.406 e. The van der Waals surface area contributed by atoms with Crippen molar-refractivity contribution in [3.05, 3.63) is 24.3 Å². The molecule has 22 heavy (non-hydrogen) atoms. The zero-order valence-electron chi connectivity index (χ0n) is 11.5. The Bertz CT molecular complexity index is 601. The van der Waals surface area contributed by atoms with Gasteiger partial charge in [0.05, 0.1) is 6.10 Å².